The number of hydrogen-bond donors (Lipinski definition) is 1. The molecule has 1 aromatic heterocycles. The third-order valence-electron chi connectivity index (χ3n) is 2.59. The van der Waals surface area contributed by atoms with E-state index in [1.807, 2.05) is 18.2 Å². The van der Waals surface area contributed by atoms with Crippen LogP contribution in [0, 0.1) is 0 Å². The average molecular weight is 260 g/mol. The van der Waals surface area contributed by atoms with E-state index < -0.39 is 5.44 Å². The van der Waals surface area contributed by atoms with Crippen LogP contribution in [-0.2, 0) is 6.42 Å². The second-order valence-electron chi connectivity index (χ2n) is 4.12. The summed E-state index contributed by atoms with van der Waals surface area (Å²) in [4.78, 5) is 7.90. The summed E-state index contributed by atoms with van der Waals surface area (Å²) in [6.07, 6.45) is 4.04. The van der Waals surface area contributed by atoms with Gasteiger partial charge in [-0.3, -0.25) is 0 Å². The fourth-order valence-corrected chi connectivity index (χ4v) is 2.74. The van der Waals surface area contributed by atoms with Crippen molar-refractivity contribution in [3.05, 3.63) is 60.2 Å². The number of aliphatic hydroxyl groups excluding tert-OH is 1. The van der Waals surface area contributed by atoms with Crippen molar-refractivity contribution in [1.29, 1.82) is 0 Å². The van der Waals surface area contributed by atoms with E-state index in [2.05, 4.69) is 29.0 Å². The molecule has 94 valence electrons. The first kappa shape index (κ1) is 13.1. The molecular formula is C14H16N2OS. The zero-order chi connectivity index (χ0) is 12.8. The summed E-state index contributed by atoms with van der Waals surface area (Å²) < 4.78 is 0. The molecule has 0 saturated carbocycles. The molecule has 4 heteroatoms. The molecule has 2 unspecified atom stereocenters. The predicted molar refractivity (Wildman–Crippen MR) is 74.2 cm³/mol. The van der Waals surface area contributed by atoms with Gasteiger partial charge in [-0.2, -0.15) is 0 Å². The van der Waals surface area contributed by atoms with Gasteiger partial charge in [0, 0.05) is 11.4 Å². The molecule has 0 bridgehead atoms. The van der Waals surface area contributed by atoms with E-state index in [9.17, 15) is 5.11 Å². The van der Waals surface area contributed by atoms with E-state index in [-0.39, 0.29) is 0 Å². The SMILES string of the molecule is CC(Cc1ccccc1)SC(O)c1ccncn1. The van der Waals surface area contributed by atoms with Crippen LogP contribution in [0.3, 0.4) is 0 Å². The molecule has 2 atom stereocenters. The van der Waals surface area contributed by atoms with Gasteiger partial charge in [0.1, 0.15) is 11.8 Å². The van der Waals surface area contributed by atoms with E-state index >= 15 is 0 Å². The molecule has 0 saturated heterocycles. The molecule has 0 amide bonds. The van der Waals surface area contributed by atoms with Gasteiger partial charge in [0.2, 0.25) is 0 Å². The van der Waals surface area contributed by atoms with Gasteiger partial charge in [-0.05, 0) is 18.1 Å². The van der Waals surface area contributed by atoms with Crippen LogP contribution in [-0.4, -0.2) is 20.3 Å². The van der Waals surface area contributed by atoms with Crippen LogP contribution in [0.4, 0.5) is 0 Å². The number of benzene rings is 1. The van der Waals surface area contributed by atoms with Crippen molar-refractivity contribution in [3.8, 4) is 0 Å². The number of nitrogens with zero attached hydrogens (tertiary/aromatic N) is 2. The molecule has 1 heterocycles. The van der Waals surface area contributed by atoms with Crippen molar-refractivity contribution in [3.63, 3.8) is 0 Å². The van der Waals surface area contributed by atoms with E-state index in [1.54, 1.807) is 12.3 Å². The largest absolute Gasteiger partial charge is 0.376 e. The standard InChI is InChI=1S/C14H16N2OS/c1-11(9-12-5-3-2-4-6-12)18-14(17)13-7-8-15-10-16-13/h2-8,10-11,14,17H,9H2,1H3. The fourth-order valence-electron chi connectivity index (χ4n) is 1.73. The summed E-state index contributed by atoms with van der Waals surface area (Å²) in [6, 6.07) is 12.0. The molecule has 0 spiro atoms. The Morgan fingerprint density at radius 2 is 2.00 bits per heavy atom. The lowest BCUT2D eigenvalue weighted by Gasteiger charge is -2.15. The van der Waals surface area contributed by atoms with Crippen molar-refractivity contribution in [2.24, 2.45) is 0 Å². The smallest absolute Gasteiger partial charge is 0.142 e. The van der Waals surface area contributed by atoms with E-state index in [0.29, 0.717) is 10.9 Å². The maximum atomic E-state index is 10.0. The van der Waals surface area contributed by atoms with Gasteiger partial charge in [-0.15, -0.1) is 11.8 Å². The number of thioether (sulfide) groups is 1. The Labute approximate surface area is 111 Å². The van der Waals surface area contributed by atoms with Crippen LogP contribution in [0.1, 0.15) is 23.6 Å². The Hall–Kier alpha value is -1.39. The molecule has 1 aromatic carbocycles. The van der Waals surface area contributed by atoms with Gasteiger partial charge in [0.15, 0.2) is 0 Å². The average Bonchev–Trinajstić information content (AvgIpc) is 2.40. The normalized spacial score (nSPS) is 14.1. The lowest BCUT2D eigenvalue weighted by Crippen LogP contribution is -2.06. The highest BCUT2D eigenvalue weighted by Gasteiger charge is 2.14. The van der Waals surface area contributed by atoms with Crippen molar-refractivity contribution in [2.45, 2.75) is 24.0 Å². The third kappa shape index (κ3) is 3.82. The fraction of sp³-hybridized carbons (Fsp3) is 0.286. The van der Waals surface area contributed by atoms with Crippen molar-refractivity contribution >= 4 is 11.8 Å². The molecule has 0 aliphatic rings. The van der Waals surface area contributed by atoms with Gasteiger partial charge in [-0.25, -0.2) is 9.97 Å². The van der Waals surface area contributed by atoms with Crippen molar-refractivity contribution in [1.82, 2.24) is 9.97 Å². The molecule has 0 aliphatic heterocycles. The van der Waals surface area contributed by atoms with Gasteiger partial charge in [-0.1, -0.05) is 37.3 Å². The second kappa shape index (κ2) is 6.52. The van der Waals surface area contributed by atoms with E-state index in [0.717, 1.165) is 6.42 Å². The Bertz CT molecular complexity index is 464. The summed E-state index contributed by atoms with van der Waals surface area (Å²) >= 11 is 1.51. The quantitative estimate of drug-likeness (QED) is 0.840. The molecule has 0 radical (unpaired) electrons. The first-order chi connectivity index (χ1) is 8.75. The third-order valence-corrected chi connectivity index (χ3v) is 3.72. The van der Waals surface area contributed by atoms with Crippen LogP contribution in [0.25, 0.3) is 0 Å². The molecule has 1 N–H and O–H groups in total. The molecule has 2 aromatic rings. The Morgan fingerprint density at radius 3 is 2.67 bits per heavy atom. The van der Waals surface area contributed by atoms with Crippen LogP contribution in [0.5, 0.6) is 0 Å². The van der Waals surface area contributed by atoms with Gasteiger partial charge >= 0.3 is 0 Å². The molecule has 0 aliphatic carbocycles. The highest BCUT2D eigenvalue weighted by molar-refractivity contribution is 7.99. The minimum absolute atomic E-state index is 0.331. The molecular weight excluding hydrogens is 244 g/mol. The van der Waals surface area contributed by atoms with Crippen LogP contribution in [0.2, 0.25) is 0 Å². The van der Waals surface area contributed by atoms with E-state index in [1.165, 1.54) is 23.7 Å². The van der Waals surface area contributed by atoms with Crippen LogP contribution in [0.15, 0.2) is 48.9 Å². The topological polar surface area (TPSA) is 46.0 Å². The maximum absolute atomic E-state index is 10.0. The Morgan fingerprint density at radius 1 is 1.22 bits per heavy atom. The summed E-state index contributed by atoms with van der Waals surface area (Å²) in [5.41, 5.74) is 1.36. The predicted octanol–water partition coefficient (Wildman–Crippen LogP) is 2.83. The van der Waals surface area contributed by atoms with Gasteiger partial charge in [0.25, 0.3) is 0 Å². The van der Waals surface area contributed by atoms with Crippen LogP contribution < -0.4 is 0 Å². The molecule has 3 nitrogen and oxygen atoms in total. The zero-order valence-electron chi connectivity index (χ0n) is 10.2. The zero-order valence-corrected chi connectivity index (χ0v) is 11.0. The number of aromatic nitrogens is 2. The number of rotatable bonds is 5. The highest BCUT2D eigenvalue weighted by Crippen LogP contribution is 2.29. The Balaban J connectivity index is 1.90. The van der Waals surface area contributed by atoms with Crippen molar-refractivity contribution < 1.29 is 5.11 Å². The molecule has 0 fully saturated rings. The second-order valence-corrected chi connectivity index (χ2v) is 5.65. The summed E-state index contributed by atoms with van der Waals surface area (Å²) in [6.45, 7) is 2.11. The summed E-state index contributed by atoms with van der Waals surface area (Å²) in [7, 11) is 0. The molecule has 2 rings (SSSR count). The molecule has 18 heavy (non-hydrogen) atoms. The van der Waals surface area contributed by atoms with Crippen molar-refractivity contribution in [2.75, 3.05) is 0 Å². The maximum Gasteiger partial charge on any atom is 0.142 e. The Kier molecular flexibility index (Phi) is 4.73. The minimum atomic E-state index is -0.591. The summed E-state index contributed by atoms with van der Waals surface area (Å²) in [5, 5.41) is 10.4. The highest BCUT2D eigenvalue weighted by atomic mass is 32.2. The first-order valence-corrected chi connectivity index (χ1v) is 6.83. The lowest BCUT2D eigenvalue weighted by atomic mass is 10.1. The minimum Gasteiger partial charge on any atom is -0.376 e. The van der Waals surface area contributed by atoms with E-state index in [4.69, 9.17) is 0 Å². The first-order valence-electron chi connectivity index (χ1n) is 5.89. The summed E-state index contributed by atoms with van der Waals surface area (Å²) in [5.74, 6) is 0. The van der Waals surface area contributed by atoms with Gasteiger partial charge in [0.05, 0.1) is 5.69 Å². The lowest BCUT2D eigenvalue weighted by molar-refractivity contribution is 0.264. The number of aliphatic hydroxyl groups is 1. The number of hydrogen-bond acceptors (Lipinski definition) is 4. The van der Waals surface area contributed by atoms with Crippen LogP contribution >= 0.6 is 11.8 Å². The monoisotopic (exact) mass is 260 g/mol. The van der Waals surface area contributed by atoms with Gasteiger partial charge < -0.3 is 5.11 Å².